The van der Waals surface area contributed by atoms with Crippen LogP contribution < -0.4 is 4.72 Å². The summed E-state index contributed by atoms with van der Waals surface area (Å²) in [5, 5.41) is 0. The average Bonchev–Trinajstić information content (AvgIpc) is 2.64. The molecule has 1 aromatic heterocycles. The molecule has 26 heavy (non-hydrogen) atoms. The number of likely N-dealkylation sites (tertiary alicyclic amines) is 1. The summed E-state index contributed by atoms with van der Waals surface area (Å²) in [4.78, 5) is 6.57. The molecule has 0 unspecified atom stereocenters. The fraction of sp³-hybridized carbons (Fsp3) is 0.450. The Labute approximate surface area is 156 Å². The summed E-state index contributed by atoms with van der Waals surface area (Å²) < 4.78 is 27.4. The standard InChI is InChI=1S/C20H27N3O2S/c1-17-4-6-19(7-5-17)16-26(24,25)22-14-18-8-11-23(12-9-18)15-20-3-2-10-21-13-20/h2-7,10,13,18,22H,8-9,11-12,14-16H2,1H3. The van der Waals surface area contributed by atoms with Crippen LogP contribution in [0.4, 0.5) is 0 Å². The highest BCUT2D eigenvalue weighted by atomic mass is 32.2. The topological polar surface area (TPSA) is 62.3 Å². The van der Waals surface area contributed by atoms with Crippen LogP contribution in [0.1, 0.15) is 29.5 Å². The van der Waals surface area contributed by atoms with Gasteiger partial charge in [-0.2, -0.15) is 0 Å². The zero-order valence-corrected chi connectivity index (χ0v) is 16.1. The van der Waals surface area contributed by atoms with Gasteiger partial charge in [0, 0.05) is 25.5 Å². The number of sulfonamides is 1. The van der Waals surface area contributed by atoms with Crippen molar-refractivity contribution in [2.24, 2.45) is 5.92 Å². The minimum Gasteiger partial charge on any atom is -0.299 e. The van der Waals surface area contributed by atoms with E-state index >= 15 is 0 Å². The van der Waals surface area contributed by atoms with Gasteiger partial charge in [0.2, 0.25) is 10.0 Å². The van der Waals surface area contributed by atoms with Gasteiger partial charge in [-0.3, -0.25) is 9.88 Å². The maximum atomic E-state index is 12.3. The number of nitrogens with zero attached hydrogens (tertiary/aromatic N) is 2. The molecule has 1 aromatic carbocycles. The van der Waals surface area contributed by atoms with E-state index in [4.69, 9.17) is 0 Å². The van der Waals surface area contributed by atoms with Gasteiger partial charge in [0.05, 0.1) is 5.75 Å². The predicted molar refractivity (Wildman–Crippen MR) is 104 cm³/mol. The minimum absolute atomic E-state index is 0.0487. The number of hydrogen-bond acceptors (Lipinski definition) is 4. The summed E-state index contributed by atoms with van der Waals surface area (Å²) in [5.41, 5.74) is 3.19. The molecule has 6 heteroatoms. The van der Waals surface area contributed by atoms with Crippen molar-refractivity contribution in [2.75, 3.05) is 19.6 Å². The summed E-state index contributed by atoms with van der Waals surface area (Å²) in [5.74, 6) is 0.459. The maximum absolute atomic E-state index is 12.3. The van der Waals surface area contributed by atoms with E-state index in [1.54, 1.807) is 6.20 Å². The molecule has 1 aliphatic rings. The second-order valence-electron chi connectivity index (χ2n) is 7.17. The normalized spacial score (nSPS) is 16.7. The molecule has 1 saturated heterocycles. The number of nitrogens with one attached hydrogen (secondary N) is 1. The first kappa shape index (κ1) is 19.0. The summed E-state index contributed by atoms with van der Waals surface area (Å²) in [7, 11) is -3.28. The van der Waals surface area contributed by atoms with Gasteiger partial charge in [-0.15, -0.1) is 0 Å². The molecule has 0 spiro atoms. The van der Waals surface area contributed by atoms with Crippen LogP contribution in [-0.2, 0) is 22.3 Å². The van der Waals surface area contributed by atoms with Crippen LogP contribution in [0.15, 0.2) is 48.8 Å². The quantitative estimate of drug-likeness (QED) is 0.811. The lowest BCUT2D eigenvalue weighted by atomic mass is 9.97. The van der Waals surface area contributed by atoms with Crippen molar-refractivity contribution >= 4 is 10.0 Å². The third-order valence-electron chi connectivity index (χ3n) is 4.91. The highest BCUT2D eigenvalue weighted by molar-refractivity contribution is 7.88. The minimum atomic E-state index is -3.28. The molecule has 5 nitrogen and oxygen atoms in total. The first-order chi connectivity index (χ1) is 12.5. The number of piperidine rings is 1. The van der Waals surface area contributed by atoms with E-state index in [2.05, 4.69) is 20.7 Å². The predicted octanol–water partition coefficient (Wildman–Crippen LogP) is 2.72. The van der Waals surface area contributed by atoms with E-state index < -0.39 is 10.0 Å². The Kier molecular flexibility index (Phi) is 6.40. The van der Waals surface area contributed by atoms with Crippen molar-refractivity contribution in [3.63, 3.8) is 0 Å². The molecule has 2 heterocycles. The van der Waals surface area contributed by atoms with E-state index in [0.717, 1.165) is 43.6 Å². The molecule has 1 N–H and O–H groups in total. The summed E-state index contributed by atoms with van der Waals surface area (Å²) in [6, 6.07) is 11.7. The molecule has 1 aliphatic heterocycles. The van der Waals surface area contributed by atoms with Crippen LogP contribution in [0.25, 0.3) is 0 Å². The van der Waals surface area contributed by atoms with E-state index in [9.17, 15) is 8.42 Å². The number of hydrogen-bond donors (Lipinski definition) is 1. The van der Waals surface area contributed by atoms with Crippen molar-refractivity contribution in [2.45, 2.75) is 32.1 Å². The van der Waals surface area contributed by atoms with Gasteiger partial charge in [-0.1, -0.05) is 35.9 Å². The Morgan fingerprint density at radius 3 is 2.50 bits per heavy atom. The SMILES string of the molecule is Cc1ccc(CS(=O)(=O)NCC2CCN(Cc3cccnc3)CC2)cc1. The van der Waals surface area contributed by atoms with Gasteiger partial charge in [0.1, 0.15) is 0 Å². The highest BCUT2D eigenvalue weighted by Crippen LogP contribution is 2.18. The molecule has 140 valence electrons. The van der Waals surface area contributed by atoms with E-state index in [1.165, 1.54) is 5.56 Å². The van der Waals surface area contributed by atoms with Gasteiger partial charge < -0.3 is 0 Å². The molecule has 1 fully saturated rings. The second-order valence-corrected chi connectivity index (χ2v) is 8.98. The van der Waals surface area contributed by atoms with Crippen molar-refractivity contribution < 1.29 is 8.42 Å². The molecule has 0 atom stereocenters. The first-order valence-corrected chi connectivity index (χ1v) is 10.8. The van der Waals surface area contributed by atoms with Crippen LogP contribution in [0.2, 0.25) is 0 Å². The third-order valence-corrected chi connectivity index (χ3v) is 6.23. The lowest BCUT2D eigenvalue weighted by Gasteiger charge is -2.31. The molecular formula is C20H27N3O2S. The summed E-state index contributed by atoms with van der Waals surface area (Å²) >= 11 is 0. The van der Waals surface area contributed by atoms with E-state index in [0.29, 0.717) is 12.5 Å². The number of rotatable bonds is 7. The Bertz CT molecular complexity index is 784. The second kappa shape index (κ2) is 8.75. The van der Waals surface area contributed by atoms with E-state index in [1.807, 2.05) is 43.5 Å². The molecule has 0 saturated carbocycles. The maximum Gasteiger partial charge on any atom is 0.215 e. The third kappa shape index (κ3) is 5.90. The number of aromatic nitrogens is 1. The summed E-state index contributed by atoms with van der Waals surface area (Å²) in [6.07, 6.45) is 5.74. The van der Waals surface area contributed by atoms with E-state index in [-0.39, 0.29) is 5.75 Å². The van der Waals surface area contributed by atoms with Crippen molar-refractivity contribution in [3.8, 4) is 0 Å². The number of pyridine rings is 1. The number of aryl methyl sites for hydroxylation is 1. The molecular weight excluding hydrogens is 346 g/mol. The van der Waals surface area contributed by atoms with Crippen LogP contribution >= 0.6 is 0 Å². The molecule has 0 aliphatic carbocycles. The van der Waals surface area contributed by atoms with Gasteiger partial charge in [0.15, 0.2) is 0 Å². The van der Waals surface area contributed by atoms with Gasteiger partial charge in [-0.05, 0) is 56.0 Å². The first-order valence-electron chi connectivity index (χ1n) is 9.14. The Balaban J connectivity index is 1.42. The summed E-state index contributed by atoms with van der Waals surface area (Å²) in [6.45, 7) is 5.45. The smallest absolute Gasteiger partial charge is 0.215 e. The Morgan fingerprint density at radius 1 is 1.12 bits per heavy atom. The van der Waals surface area contributed by atoms with Crippen molar-refractivity contribution in [3.05, 3.63) is 65.5 Å². The lowest BCUT2D eigenvalue weighted by molar-refractivity contribution is 0.178. The van der Waals surface area contributed by atoms with Crippen LogP contribution in [0.3, 0.4) is 0 Å². The van der Waals surface area contributed by atoms with Crippen LogP contribution in [-0.4, -0.2) is 37.9 Å². The fourth-order valence-electron chi connectivity index (χ4n) is 3.30. The zero-order valence-electron chi connectivity index (χ0n) is 15.3. The van der Waals surface area contributed by atoms with Gasteiger partial charge >= 0.3 is 0 Å². The zero-order chi connectivity index (χ0) is 18.4. The average molecular weight is 374 g/mol. The molecule has 2 aromatic rings. The fourth-order valence-corrected chi connectivity index (χ4v) is 4.52. The van der Waals surface area contributed by atoms with Gasteiger partial charge in [-0.25, -0.2) is 13.1 Å². The van der Waals surface area contributed by atoms with Crippen LogP contribution in [0, 0.1) is 12.8 Å². The molecule has 0 radical (unpaired) electrons. The monoisotopic (exact) mass is 373 g/mol. The molecule has 3 rings (SSSR count). The molecule has 0 bridgehead atoms. The largest absolute Gasteiger partial charge is 0.299 e. The highest BCUT2D eigenvalue weighted by Gasteiger charge is 2.21. The number of benzene rings is 1. The lowest BCUT2D eigenvalue weighted by Crippen LogP contribution is -2.38. The Hall–Kier alpha value is -1.76. The van der Waals surface area contributed by atoms with Crippen LogP contribution in [0.5, 0.6) is 0 Å². The molecule has 0 amide bonds. The Morgan fingerprint density at radius 2 is 1.85 bits per heavy atom. The van der Waals surface area contributed by atoms with Gasteiger partial charge in [0.25, 0.3) is 0 Å². The van der Waals surface area contributed by atoms with Crippen molar-refractivity contribution in [1.82, 2.24) is 14.6 Å². The van der Waals surface area contributed by atoms with Crippen molar-refractivity contribution in [1.29, 1.82) is 0 Å².